The maximum Gasteiger partial charge on any atom is 0.208 e. The molecule has 1 saturated carbocycles. The molecule has 20 heavy (non-hydrogen) atoms. The van der Waals surface area contributed by atoms with Crippen LogP contribution in [0.3, 0.4) is 0 Å². The number of aryl methyl sites for hydroxylation is 1. The predicted molar refractivity (Wildman–Crippen MR) is 82.4 cm³/mol. The summed E-state index contributed by atoms with van der Waals surface area (Å²) in [5, 5.41) is 10.9. The Morgan fingerprint density at radius 2 is 2.10 bits per heavy atom. The van der Waals surface area contributed by atoms with Crippen LogP contribution in [-0.2, 0) is 11.2 Å². The second-order valence-corrected chi connectivity index (χ2v) is 7.05. The van der Waals surface area contributed by atoms with E-state index in [9.17, 15) is 0 Å². The third kappa shape index (κ3) is 3.31. The zero-order chi connectivity index (χ0) is 13.9. The average Bonchev–Trinajstić information content (AvgIpc) is 3.22. The topological polar surface area (TPSA) is 38.2 Å². The van der Waals surface area contributed by atoms with Gasteiger partial charge in [0, 0.05) is 13.1 Å². The molecule has 1 saturated heterocycles. The second kappa shape index (κ2) is 6.39. The van der Waals surface area contributed by atoms with E-state index < -0.39 is 0 Å². The lowest BCUT2D eigenvalue weighted by molar-refractivity contribution is -0.0410. The minimum atomic E-state index is 0.378. The largest absolute Gasteiger partial charge is 0.371 e. The van der Waals surface area contributed by atoms with Crippen molar-refractivity contribution in [3.05, 3.63) is 5.01 Å². The van der Waals surface area contributed by atoms with Crippen LogP contribution in [0.2, 0.25) is 0 Å². The molecule has 0 amide bonds. The van der Waals surface area contributed by atoms with E-state index in [0.29, 0.717) is 12.2 Å². The molecule has 2 heterocycles. The third-order valence-corrected chi connectivity index (χ3v) is 5.38. The minimum Gasteiger partial charge on any atom is -0.371 e. The molecule has 0 aromatic carbocycles. The van der Waals surface area contributed by atoms with E-state index in [1.165, 1.54) is 32.1 Å². The molecule has 4 nitrogen and oxygen atoms in total. The first kappa shape index (κ1) is 14.3. The van der Waals surface area contributed by atoms with Gasteiger partial charge >= 0.3 is 0 Å². The third-order valence-electron chi connectivity index (χ3n) is 4.25. The Hall–Kier alpha value is -0.680. The SMILES string of the molecule is CCCC[C@@H]1CN(c2nnc(CC)s2)C[C@H](C2CC2)O1. The van der Waals surface area contributed by atoms with Crippen molar-refractivity contribution >= 4 is 16.5 Å². The summed E-state index contributed by atoms with van der Waals surface area (Å²) in [6.07, 6.45) is 8.13. The highest BCUT2D eigenvalue weighted by Gasteiger charge is 2.38. The van der Waals surface area contributed by atoms with Gasteiger partial charge in [0.1, 0.15) is 5.01 Å². The van der Waals surface area contributed by atoms with E-state index in [1.807, 2.05) is 0 Å². The second-order valence-electron chi connectivity index (χ2n) is 6.01. The van der Waals surface area contributed by atoms with E-state index in [-0.39, 0.29) is 0 Å². The highest BCUT2D eigenvalue weighted by atomic mass is 32.1. The molecule has 5 heteroatoms. The summed E-state index contributed by atoms with van der Waals surface area (Å²) in [6, 6.07) is 0. The molecule has 0 unspecified atom stereocenters. The van der Waals surface area contributed by atoms with Gasteiger partial charge in [0.05, 0.1) is 12.2 Å². The van der Waals surface area contributed by atoms with E-state index in [0.717, 1.165) is 35.6 Å². The first-order valence-electron chi connectivity index (χ1n) is 8.03. The number of rotatable bonds is 6. The molecule has 0 spiro atoms. The van der Waals surface area contributed by atoms with Crippen LogP contribution in [-0.4, -0.2) is 35.5 Å². The zero-order valence-electron chi connectivity index (χ0n) is 12.5. The lowest BCUT2D eigenvalue weighted by Crippen LogP contribution is -2.48. The fraction of sp³-hybridized carbons (Fsp3) is 0.867. The highest BCUT2D eigenvalue weighted by Crippen LogP contribution is 2.38. The molecule has 1 aliphatic carbocycles. The maximum atomic E-state index is 6.31. The number of hydrogen-bond donors (Lipinski definition) is 0. The first-order valence-corrected chi connectivity index (χ1v) is 8.84. The zero-order valence-corrected chi connectivity index (χ0v) is 13.4. The molecular weight excluding hydrogens is 270 g/mol. The molecule has 0 bridgehead atoms. The van der Waals surface area contributed by atoms with Crippen molar-refractivity contribution < 1.29 is 4.74 Å². The maximum absolute atomic E-state index is 6.31. The molecule has 2 fully saturated rings. The molecule has 0 N–H and O–H groups in total. The lowest BCUT2D eigenvalue weighted by atomic mass is 10.1. The van der Waals surface area contributed by atoms with Gasteiger partial charge < -0.3 is 9.64 Å². The predicted octanol–water partition coefficient (Wildman–Crippen LogP) is 3.27. The number of hydrogen-bond acceptors (Lipinski definition) is 5. The molecule has 0 radical (unpaired) electrons. The fourth-order valence-corrected chi connectivity index (χ4v) is 3.66. The number of nitrogens with zero attached hydrogens (tertiary/aromatic N) is 3. The molecule has 1 aliphatic heterocycles. The number of morpholine rings is 1. The van der Waals surface area contributed by atoms with Crippen LogP contribution in [0.4, 0.5) is 5.13 Å². The van der Waals surface area contributed by atoms with Gasteiger partial charge in [-0.1, -0.05) is 38.0 Å². The summed E-state index contributed by atoms with van der Waals surface area (Å²) in [5.74, 6) is 0.792. The summed E-state index contributed by atoms with van der Waals surface area (Å²) in [6.45, 7) is 6.38. The minimum absolute atomic E-state index is 0.378. The Morgan fingerprint density at radius 3 is 2.75 bits per heavy atom. The lowest BCUT2D eigenvalue weighted by Gasteiger charge is -2.38. The van der Waals surface area contributed by atoms with E-state index in [4.69, 9.17) is 4.74 Å². The standard InChI is InChI=1S/C15H25N3OS/c1-3-5-6-12-9-18(10-13(19-12)11-7-8-11)15-17-16-14(4-2)20-15/h11-13H,3-10H2,1-2H3/t12-,13-/m1/s1. The van der Waals surface area contributed by atoms with Crippen LogP contribution >= 0.6 is 11.3 Å². The van der Waals surface area contributed by atoms with Crippen molar-refractivity contribution in [1.82, 2.24) is 10.2 Å². The summed E-state index contributed by atoms with van der Waals surface area (Å²) in [4.78, 5) is 2.42. The van der Waals surface area contributed by atoms with E-state index >= 15 is 0 Å². The number of ether oxygens (including phenoxy) is 1. The van der Waals surface area contributed by atoms with Gasteiger partial charge in [-0.15, -0.1) is 10.2 Å². The first-order chi connectivity index (χ1) is 9.80. The van der Waals surface area contributed by atoms with Crippen molar-refractivity contribution in [3.8, 4) is 0 Å². The van der Waals surface area contributed by atoms with Crippen LogP contribution < -0.4 is 4.90 Å². The quantitative estimate of drug-likeness (QED) is 0.807. The Bertz CT molecular complexity index is 433. The Kier molecular flexibility index (Phi) is 4.56. The summed E-state index contributed by atoms with van der Waals surface area (Å²) in [5.41, 5.74) is 0. The van der Waals surface area contributed by atoms with Crippen LogP contribution in [0.5, 0.6) is 0 Å². The summed E-state index contributed by atoms with van der Waals surface area (Å²) >= 11 is 1.75. The number of aromatic nitrogens is 2. The molecular formula is C15H25N3OS. The summed E-state index contributed by atoms with van der Waals surface area (Å²) in [7, 11) is 0. The Balaban J connectivity index is 1.68. The van der Waals surface area contributed by atoms with Crippen LogP contribution in [0.15, 0.2) is 0 Å². The van der Waals surface area contributed by atoms with Gasteiger partial charge in [-0.25, -0.2) is 0 Å². The molecule has 3 rings (SSSR count). The smallest absolute Gasteiger partial charge is 0.208 e. The van der Waals surface area contributed by atoms with Crippen molar-refractivity contribution in [2.45, 2.75) is 64.6 Å². The average molecular weight is 295 g/mol. The number of anilines is 1. The van der Waals surface area contributed by atoms with Gasteiger partial charge in [-0.3, -0.25) is 0 Å². The molecule has 2 aliphatic rings. The van der Waals surface area contributed by atoms with Crippen molar-refractivity contribution in [3.63, 3.8) is 0 Å². The van der Waals surface area contributed by atoms with Crippen molar-refractivity contribution in [1.29, 1.82) is 0 Å². The van der Waals surface area contributed by atoms with Crippen molar-refractivity contribution in [2.24, 2.45) is 5.92 Å². The van der Waals surface area contributed by atoms with Crippen LogP contribution in [0.25, 0.3) is 0 Å². The molecule has 112 valence electrons. The fourth-order valence-electron chi connectivity index (χ4n) is 2.86. The van der Waals surface area contributed by atoms with E-state index in [1.54, 1.807) is 11.3 Å². The molecule has 1 aromatic heterocycles. The summed E-state index contributed by atoms with van der Waals surface area (Å²) < 4.78 is 6.31. The Labute approximate surface area is 125 Å². The highest BCUT2D eigenvalue weighted by molar-refractivity contribution is 7.15. The van der Waals surface area contributed by atoms with Crippen molar-refractivity contribution in [2.75, 3.05) is 18.0 Å². The molecule has 2 atom stereocenters. The van der Waals surface area contributed by atoms with Gasteiger partial charge in [0.15, 0.2) is 0 Å². The van der Waals surface area contributed by atoms with E-state index in [2.05, 4.69) is 28.9 Å². The monoisotopic (exact) mass is 295 g/mol. The van der Waals surface area contributed by atoms with Crippen LogP contribution in [0, 0.1) is 5.92 Å². The van der Waals surface area contributed by atoms with Gasteiger partial charge in [0.2, 0.25) is 5.13 Å². The Morgan fingerprint density at radius 1 is 1.25 bits per heavy atom. The number of unbranched alkanes of at least 4 members (excludes halogenated alkanes) is 1. The van der Waals surface area contributed by atoms with Gasteiger partial charge in [-0.05, 0) is 31.6 Å². The van der Waals surface area contributed by atoms with Gasteiger partial charge in [-0.2, -0.15) is 0 Å². The normalized spacial score (nSPS) is 27.0. The van der Waals surface area contributed by atoms with Crippen LogP contribution in [0.1, 0.15) is 51.0 Å². The molecule has 1 aromatic rings. The van der Waals surface area contributed by atoms with Gasteiger partial charge in [0.25, 0.3) is 0 Å².